The van der Waals surface area contributed by atoms with Crippen LogP contribution in [0, 0.1) is 0 Å². The van der Waals surface area contributed by atoms with Gasteiger partial charge in [0.05, 0.1) is 27.8 Å². The van der Waals surface area contributed by atoms with Gasteiger partial charge in [-0.3, -0.25) is 4.99 Å². The van der Waals surface area contributed by atoms with Crippen LogP contribution in [-0.2, 0) is 0 Å². The fourth-order valence-corrected chi connectivity index (χ4v) is 9.46. The first kappa shape index (κ1) is 31.2. The van der Waals surface area contributed by atoms with E-state index in [0.29, 0.717) is 0 Å². The van der Waals surface area contributed by atoms with Crippen molar-refractivity contribution in [3.8, 4) is 11.4 Å². The van der Waals surface area contributed by atoms with E-state index < -0.39 is 0 Å². The number of benzene rings is 8. The molecule has 8 aromatic carbocycles. The molecule has 4 heteroatoms. The highest BCUT2D eigenvalue weighted by Crippen LogP contribution is 2.43. The Morgan fingerprint density at radius 3 is 2.02 bits per heavy atom. The van der Waals surface area contributed by atoms with E-state index in [1.165, 1.54) is 82.0 Å². The molecule has 1 atom stereocenters. The van der Waals surface area contributed by atoms with Crippen molar-refractivity contribution in [3.63, 3.8) is 0 Å². The Kier molecular flexibility index (Phi) is 6.78. The summed E-state index contributed by atoms with van der Waals surface area (Å²) in [5, 5.41) is 13.9. The summed E-state index contributed by atoms with van der Waals surface area (Å²) < 4.78 is 4.90. The van der Waals surface area contributed by atoms with Crippen LogP contribution in [0.15, 0.2) is 198 Å². The zero-order valence-electron chi connectivity index (χ0n) is 30.7. The predicted molar refractivity (Wildman–Crippen MR) is 234 cm³/mol. The molecule has 1 unspecified atom stereocenters. The molecule has 56 heavy (non-hydrogen) atoms. The van der Waals surface area contributed by atoms with Gasteiger partial charge in [0.15, 0.2) is 0 Å². The second-order valence-electron chi connectivity index (χ2n) is 15.1. The summed E-state index contributed by atoms with van der Waals surface area (Å²) >= 11 is 0. The van der Waals surface area contributed by atoms with E-state index in [9.17, 15) is 0 Å². The topological polar surface area (TPSA) is 34.2 Å². The summed E-state index contributed by atoms with van der Waals surface area (Å²) in [6, 6.07) is 62.0. The van der Waals surface area contributed by atoms with Gasteiger partial charge < -0.3 is 14.5 Å². The lowest BCUT2D eigenvalue weighted by molar-refractivity contribution is 0.595. The number of allylic oxidation sites excluding steroid dienone is 4. The van der Waals surface area contributed by atoms with Crippen LogP contribution < -0.4 is 5.32 Å². The highest BCUT2D eigenvalue weighted by Gasteiger charge is 2.28. The Morgan fingerprint density at radius 2 is 1.18 bits per heavy atom. The summed E-state index contributed by atoms with van der Waals surface area (Å²) in [5.74, 6) is 0. The van der Waals surface area contributed by atoms with Crippen LogP contribution in [0.25, 0.3) is 76.5 Å². The quantitative estimate of drug-likeness (QED) is 0.193. The predicted octanol–water partition coefficient (Wildman–Crippen LogP) is 12.9. The van der Waals surface area contributed by atoms with Crippen molar-refractivity contribution in [1.82, 2.24) is 14.5 Å². The molecule has 3 heterocycles. The van der Waals surface area contributed by atoms with Gasteiger partial charge in [-0.1, -0.05) is 127 Å². The Bertz CT molecular complexity index is 3320. The number of para-hydroxylation sites is 2. The molecule has 0 spiro atoms. The van der Waals surface area contributed by atoms with Crippen molar-refractivity contribution in [3.05, 3.63) is 204 Å². The van der Waals surface area contributed by atoms with Gasteiger partial charge >= 0.3 is 0 Å². The molecule has 0 saturated carbocycles. The van der Waals surface area contributed by atoms with Crippen molar-refractivity contribution in [2.75, 3.05) is 0 Å². The molecule has 264 valence electrons. The SMILES string of the molecule is C1=CC2=C(CC1)NC(c1cc3c(c4ccccc14)c1cc(-n4c5ccccc5c5cc6ccccc6cc54)ccc1n3-c1ccccc1)N=C2c1ccccc1. The van der Waals surface area contributed by atoms with Gasteiger partial charge in [0, 0.05) is 55.3 Å². The van der Waals surface area contributed by atoms with Crippen LogP contribution in [0.4, 0.5) is 0 Å². The standard InChI is InChI=1S/C52H36N4/c1-3-15-33(16-4-1)51-41-24-11-13-25-45(41)53-52(54-51)43-32-49-50(40-23-10-9-21-38(40)43)44-31-37(27-28-47(44)55(49)36-19-5-2-6-20-36)56-46-26-14-12-22-39(46)42-29-34-17-7-8-18-35(34)30-48(42)56/h1-12,14-24,26-32,52-53H,13,25H2. The lowest BCUT2D eigenvalue weighted by atomic mass is 9.91. The van der Waals surface area contributed by atoms with Crippen molar-refractivity contribution < 1.29 is 0 Å². The second-order valence-corrected chi connectivity index (χ2v) is 15.1. The second kappa shape index (κ2) is 12.2. The first-order valence-corrected chi connectivity index (χ1v) is 19.6. The maximum absolute atomic E-state index is 5.53. The minimum absolute atomic E-state index is 0.241. The first-order valence-electron chi connectivity index (χ1n) is 19.6. The van der Waals surface area contributed by atoms with Gasteiger partial charge in [-0.2, -0.15) is 0 Å². The minimum atomic E-state index is -0.241. The molecule has 0 amide bonds. The Morgan fingerprint density at radius 1 is 0.500 bits per heavy atom. The summed E-state index contributed by atoms with van der Waals surface area (Å²) in [5.41, 5.74) is 12.9. The Hall–Kier alpha value is -7.17. The van der Waals surface area contributed by atoms with E-state index in [1.54, 1.807) is 0 Å². The number of nitrogens with one attached hydrogen (secondary N) is 1. The van der Waals surface area contributed by atoms with Crippen molar-refractivity contribution in [2.45, 2.75) is 19.0 Å². The largest absolute Gasteiger partial charge is 0.363 e. The van der Waals surface area contributed by atoms with Crippen molar-refractivity contribution >= 4 is 70.9 Å². The van der Waals surface area contributed by atoms with Crippen LogP contribution >= 0.6 is 0 Å². The maximum Gasteiger partial charge on any atom is 0.145 e. The molecule has 0 radical (unpaired) electrons. The third-order valence-corrected chi connectivity index (χ3v) is 11.9. The molecular weight excluding hydrogens is 681 g/mol. The average molecular weight is 717 g/mol. The summed E-state index contributed by atoms with van der Waals surface area (Å²) in [4.78, 5) is 5.53. The fraction of sp³-hybridized carbons (Fsp3) is 0.0577. The van der Waals surface area contributed by atoms with Crippen LogP contribution in [0.1, 0.15) is 30.1 Å². The molecule has 2 aromatic heterocycles. The third-order valence-electron chi connectivity index (χ3n) is 11.9. The zero-order valence-corrected chi connectivity index (χ0v) is 30.7. The van der Waals surface area contributed by atoms with Gasteiger partial charge in [0.25, 0.3) is 0 Å². The number of aliphatic imine (C=N–C) groups is 1. The van der Waals surface area contributed by atoms with E-state index in [1.807, 2.05) is 0 Å². The van der Waals surface area contributed by atoms with Gasteiger partial charge in [-0.05, 0) is 89.0 Å². The number of aromatic nitrogens is 2. The number of nitrogens with zero attached hydrogens (tertiary/aromatic N) is 3. The fourth-order valence-electron chi connectivity index (χ4n) is 9.46. The van der Waals surface area contributed by atoms with E-state index in [-0.39, 0.29) is 6.17 Å². The lowest BCUT2D eigenvalue weighted by Gasteiger charge is -2.30. The molecule has 1 aliphatic carbocycles. The van der Waals surface area contributed by atoms with Gasteiger partial charge in [-0.15, -0.1) is 0 Å². The van der Waals surface area contributed by atoms with Crippen LogP contribution in [0.3, 0.4) is 0 Å². The van der Waals surface area contributed by atoms with Gasteiger partial charge in [0.2, 0.25) is 0 Å². The van der Waals surface area contributed by atoms with E-state index in [0.717, 1.165) is 35.5 Å². The van der Waals surface area contributed by atoms with Crippen LogP contribution in [0.5, 0.6) is 0 Å². The van der Waals surface area contributed by atoms with E-state index in [2.05, 4.69) is 196 Å². The smallest absolute Gasteiger partial charge is 0.145 e. The average Bonchev–Trinajstić information content (AvgIpc) is 3.77. The number of hydrogen-bond acceptors (Lipinski definition) is 2. The molecule has 4 nitrogen and oxygen atoms in total. The molecule has 0 fully saturated rings. The van der Waals surface area contributed by atoms with Gasteiger partial charge in [0.1, 0.15) is 6.17 Å². The molecule has 1 aliphatic heterocycles. The van der Waals surface area contributed by atoms with Crippen LogP contribution in [0.2, 0.25) is 0 Å². The minimum Gasteiger partial charge on any atom is -0.363 e. The van der Waals surface area contributed by atoms with Gasteiger partial charge in [-0.25, -0.2) is 0 Å². The number of rotatable bonds is 4. The van der Waals surface area contributed by atoms with Crippen molar-refractivity contribution in [2.24, 2.45) is 4.99 Å². The lowest BCUT2D eigenvalue weighted by Crippen LogP contribution is -2.29. The maximum atomic E-state index is 5.53. The molecule has 1 N–H and O–H groups in total. The molecule has 10 aromatic rings. The van der Waals surface area contributed by atoms with Crippen molar-refractivity contribution in [1.29, 1.82) is 0 Å². The third kappa shape index (κ3) is 4.63. The Balaban J connectivity index is 1.15. The summed E-state index contributed by atoms with van der Waals surface area (Å²) in [6.45, 7) is 0. The molecular formula is C52H36N4. The zero-order chi connectivity index (χ0) is 36.7. The molecule has 0 saturated heterocycles. The van der Waals surface area contributed by atoms with E-state index >= 15 is 0 Å². The molecule has 0 bridgehead atoms. The Labute approximate surface area is 324 Å². The van der Waals surface area contributed by atoms with E-state index in [4.69, 9.17) is 4.99 Å². The molecule has 12 rings (SSSR count). The number of hydrogen-bond donors (Lipinski definition) is 1. The highest BCUT2D eigenvalue weighted by atomic mass is 15.1. The number of fused-ring (bicyclic) bond motifs is 9. The summed E-state index contributed by atoms with van der Waals surface area (Å²) in [6.07, 6.45) is 6.27. The highest BCUT2D eigenvalue weighted by molar-refractivity contribution is 6.23. The normalized spacial score (nSPS) is 15.6. The van der Waals surface area contributed by atoms with Crippen LogP contribution in [-0.4, -0.2) is 14.8 Å². The summed E-state index contributed by atoms with van der Waals surface area (Å²) in [7, 11) is 0. The first-order chi connectivity index (χ1) is 27.8. The monoisotopic (exact) mass is 716 g/mol. The molecule has 2 aliphatic rings.